The van der Waals surface area contributed by atoms with E-state index in [0.717, 1.165) is 22.7 Å². The number of nitrogens with zero attached hydrogens (tertiary/aromatic N) is 1. The van der Waals surface area contributed by atoms with Crippen molar-refractivity contribution in [3.63, 3.8) is 0 Å². The summed E-state index contributed by atoms with van der Waals surface area (Å²) in [4.78, 5) is 45.3. The van der Waals surface area contributed by atoms with Gasteiger partial charge in [0.05, 0.1) is 10.5 Å². The summed E-state index contributed by atoms with van der Waals surface area (Å²) >= 11 is 2.08. The second-order valence-electron chi connectivity index (χ2n) is 4.55. The Morgan fingerprint density at radius 3 is 2.60 bits per heavy atom. The molecule has 0 aliphatic carbocycles. The van der Waals surface area contributed by atoms with E-state index in [-0.39, 0.29) is 10.6 Å². The minimum absolute atomic E-state index is 0.0183. The quantitative estimate of drug-likeness (QED) is 0.416. The molecule has 2 aromatic rings. The van der Waals surface area contributed by atoms with Crippen LogP contribution in [0.1, 0.15) is 22.2 Å². The maximum absolute atomic E-state index is 11.9. The van der Waals surface area contributed by atoms with Gasteiger partial charge in [0, 0.05) is 23.9 Å². The zero-order chi connectivity index (χ0) is 18.4. The maximum Gasteiger partial charge on any atom is 0.324 e. The highest BCUT2D eigenvalue weighted by Gasteiger charge is 2.14. The van der Waals surface area contributed by atoms with E-state index in [1.165, 1.54) is 37.3 Å². The lowest BCUT2D eigenvalue weighted by Gasteiger charge is -2.06. The smallest absolute Gasteiger partial charge is 0.313 e. The Balaban J connectivity index is 1.99. The first-order chi connectivity index (χ1) is 11.9. The second kappa shape index (κ2) is 8.17. The van der Waals surface area contributed by atoms with Crippen LogP contribution in [0.25, 0.3) is 6.08 Å². The van der Waals surface area contributed by atoms with Crippen molar-refractivity contribution in [2.24, 2.45) is 0 Å². The fraction of sp³-hybridized carbons (Fsp3) is 0.0714. The van der Waals surface area contributed by atoms with Gasteiger partial charge in [-0.2, -0.15) is 0 Å². The summed E-state index contributed by atoms with van der Waals surface area (Å²) in [6.45, 7) is 1.25. The summed E-state index contributed by atoms with van der Waals surface area (Å²) in [5, 5.41) is 15.1. The molecule has 0 fully saturated rings. The van der Waals surface area contributed by atoms with Gasteiger partial charge in [0.1, 0.15) is 5.00 Å². The summed E-state index contributed by atoms with van der Waals surface area (Å²) in [5.41, 5.74) is 4.57. The second-order valence-corrected chi connectivity index (χ2v) is 6.56. The molecule has 0 aliphatic heterocycles. The van der Waals surface area contributed by atoms with Gasteiger partial charge in [-0.1, -0.05) is 11.3 Å². The number of amides is 3. The van der Waals surface area contributed by atoms with Gasteiger partial charge in [-0.25, -0.2) is 0 Å². The number of nitrogens with one attached hydrogen (secondary N) is 3. The molecule has 2 aromatic heterocycles. The van der Waals surface area contributed by atoms with E-state index in [1.807, 2.05) is 0 Å². The molecule has 2 rings (SSSR count). The number of carbonyl (C=O) groups excluding carboxylic acids is 3. The minimum Gasteiger partial charge on any atom is -0.313 e. The topological polar surface area (TPSA) is 130 Å². The molecule has 2 heterocycles. The molecule has 0 radical (unpaired) electrons. The van der Waals surface area contributed by atoms with E-state index in [4.69, 9.17) is 0 Å². The molecule has 0 bridgehead atoms. The largest absolute Gasteiger partial charge is 0.324 e. The molecule has 25 heavy (non-hydrogen) atoms. The number of hydrogen-bond donors (Lipinski definition) is 3. The van der Waals surface area contributed by atoms with Gasteiger partial charge >= 0.3 is 5.00 Å². The van der Waals surface area contributed by atoms with E-state index in [0.29, 0.717) is 9.88 Å². The summed E-state index contributed by atoms with van der Waals surface area (Å²) in [5.74, 6) is -1.49. The van der Waals surface area contributed by atoms with E-state index >= 15 is 0 Å². The van der Waals surface area contributed by atoms with Crippen LogP contribution in [0.4, 0.5) is 10.0 Å². The third-order valence-electron chi connectivity index (χ3n) is 2.69. The monoisotopic (exact) mass is 380 g/mol. The zero-order valence-electron chi connectivity index (χ0n) is 12.8. The number of nitro groups is 1. The molecule has 3 amide bonds. The Bertz CT molecular complexity index is 855. The molecule has 0 unspecified atom stereocenters. The lowest BCUT2D eigenvalue weighted by molar-refractivity contribution is -0.380. The van der Waals surface area contributed by atoms with E-state index in [1.54, 1.807) is 5.38 Å². The van der Waals surface area contributed by atoms with Crippen molar-refractivity contribution in [3.8, 4) is 0 Å². The fourth-order valence-electron chi connectivity index (χ4n) is 1.64. The van der Waals surface area contributed by atoms with Gasteiger partial charge in [-0.3, -0.25) is 35.3 Å². The third-order valence-corrected chi connectivity index (χ3v) is 4.52. The predicted octanol–water partition coefficient (Wildman–Crippen LogP) is 2.15. The normalized spacial score (nSPS) is 10.4. The average Bonchev–Trinajstić information content (AvgIpc) is 3.19. The number of thiophene rings is 2. The lowest BCUT2D eigenvalue weighted by atomic mass is 10.3. The predicted molar refractivity (Wildman–Crippen MR) is 94.2 cm³/mol. The molecule has 0 aromatic carbocycles. The molecule has 0 atom stereocenters. The standard InChI is InChI=1S/C14H12N4O5S2/c1-8(19)16-17-13(21)10-6-7-24-14(10)15-11(20)4-2-9-3-5-12(25-9)18(22)23/h2-7H,1H3,(H,15,20)(H,16,19)(H,17,21). The first-order valence-corrected chi connectivity index (χ1v) is 8.44. The average molecular weight is 380 g/mol. The highest BCUT2D eigenvalue weighted by Crippen LogP contribution is 2.25. The molecular formula is C14H12N4O5S2. The summed E-state index contributed by atoms with van der Waals surface area (Å²) in [6.07, 6.45) is 2.66. The number of anilines is 1. The summed E-state index contributed by atoms with van der Waals surface area (Å²) in [6, 6.07) is 4.39. The minimum atomic E-state index is -0.565. The number of rotatable bonds is 5. The van der Waals surface area contributed by atoms with Gasteiger partial charge in [-0.05, 0) is 23.6 Å². The van der Waals surface area contributed by atoms with E-state index in [9.17, 15) is 24.5 Å². The van der Waals surface area contributed by atoms with Crippen molar-refractivity contribution in [1.82, 2.24) is 10.9 Å². The summed E-state index contributed by atoms with van der Waals surface area (Å²) in [7, 11) is 0. The SMILES string of the molecule is CC(=O)NNC(=O)c1ccsc1NC(=O)C=Cc1ccc([N+](=O)[O-])s1. The van der Waals surface area contributed by atoms with Gasteiger partial charge in [-0.15, -0.1) is 11.3 Å². The molecule has 130 valence electrons. The summed E-state index contributed by atoms with van der Waals surface area (Å²) < 4.78 is 0. The highest BCUT2D eigenvalue weighted by atomic mass is 32.1. The van der Waals surface area contributed by atoms with Gasteiger partial charge in [0.25, 0.3) is 5.91 Å². The van der Waals surface area contributed by atoms with E-state index < -0.39 is 22.6 Å². The van der Waals surface area contributed by atoms with Crippen LogP contribution in [0.2, 0.25) is 0 Å². The fourth-order valence-corrected chi connectivity index (χ4v) is 3.15. The Hall–Kier alpha value is -3.05. The van der Waals surface area contributed by atoms with Crippen molar-refractivity contribution in [2.75, 3.05) is 5.32 Å². The molecule has 0 spiro atoms. The number of hydrazine groups is 1. The molecule has 0 aliphatic rings. The first kappa shape index (κ1) is 18.3. The van der Waals surface area contributed by atoms with Crippen molar-refractivity contribution in [1.29, 1.82) is 0 Å². The molecule has 9 nitrogen and oxygen atoms in total. The van der Waals surface area contributed by atoms with Gasteiger partial charge in [0.15, 0.2) is 0 Å². The van der Waals surface area contributed by atoms with Crippen molar-refractivity contribution in [2.45, 2.75) is 6.92 Å². The van der Waals surface area contributed by atoms with Crippen LogP contribution in [0.3, 0.4) is 0 Å². The van der Waals surface area contributed by atoms with Crippen molar-refractivity contribution < 1.29 is 19.3 Å². The number of hydrogen-bond acceptors (Lipinski definition) is 7. The lowest BCUT2D eigenvalue weighted by Crippen LogP contribution is -2.40. The molecule has 3 N–H and O–H groups in total. The maximum atomic E-state index is 11.9. The molecule has 0 saturated heterocycles. The third kappa shape index (κ3) is 5.22. The van der Waals surface area contributed by atoms with Gasteiger partial charge < -0.3 is 5.32 Å². The van der Waals surface area contributed by atoms with Crippen LogP contribution in [0.5, 0.6) is 0 Å². The molecule has 11 heteroatoms. The zero-order valence-corrected chi connectivity index (χ0v) is 14.4. The van der Waals surface area contributed by atoms with Crippen LogP contribution >= 0.6 is 22.7 Å². The van der Waals surface area contributed by atoms with Crippen LogP contribution in [-0.4, -0.2) is 22.6 Å². The Kier molecular flexibility index (Phi) is 5.98. The Morgan fingerprint density at radius 1 is 1.20 bits per heavy atom. The van der Waals surface area contributed by atoms with Gasteiger partial charge in [0.2, 0.25) is 11.8 Å². The van der Waals surface area contributed by atoms with Crippen LogP contribution < -0.4 is 16.2 Å². The van der Waals surface area contributed by atoms with Crippen LogP contribution in [0, 0.1) is 10.1 Å². The Morgan fingerprint density at radius 2 is 1.96 bits per heavy atom. The van der Waals surface area contributed by atoms with Crippen molar-refractivity contribution >= 4 is 56.5 Å². The van der Waals surface area contributed by atoms with Crippen molar-refractivity contribution in [3.05, 3.63) is 50.2 Å². The van der Waals surface area contributed by atoms with Crippen LogP contribution in [-0.2, 0) is 9.59 Å². The Labute approximate surface area is 149 Å². The number of carbonyl (C=O) groups is 3. The first-order valence-electron chi connectivity index (χ1n) is 6.74. The molecule has 0 saturated carbocycles. The molecular weight excluding hydrogens is 368 g/mol. The highest BCUT2D eigenvalue weighted by molar-refractivity contribution is 7.16. The van der Waals surface area contributed by atoms with Crippen LogP contribution in [0.15, 0.2) is 29.7 Å². The van der Waals surface area contributed by atoms with E-state index in [2.05, 4.69) is 16.2 Å².